The van der Waals surface area contributed by atoms with E-state index in [-0.39, 0.29) is 6.10 Å². The third-order valence-electron chi connectivity index (χ3n) is 3.76. The first-order chi connectivity index (χ1) is 8.70. The molecular formula is C15H26N2O. The molecule has 3 nitrogen and oxygen atoms in total. The van der Waals surface area contributed by atoms with Gasteiger partial charge in [-0.1, -0.05) is 6.92 Å². The first kappa shape index (κ1) is 13.6. The lowest BCUT2D eigenvalue weighted by molar-refractivity contribution is 0.178. The summed E-state index contributed by atoms with van der Waals surface area (Å²) in [6.45, 7) is 6.09. The van der Waals surface area contributed by atoms with Crippen molar-refractivity contribution < 1.29 is 5.11 Å². The maximum atomic E-state index is 9.36. The molecule has 0 aromatic carbocycles. The van der Waals surface area contributed by atoms with Gasteiger partial charge in [0.15, 0.2) is 0 Å². The number of aryl methyl sites for hydroxylation is 2. The van der Waals surface area contributed by atoms with E-state index in [2.05, 4.69) is 29.2 Å². The van der Waals surface area contributed by atoms with Gasteiger partial charge in [-0.3, -0.25) is 0 Å². The van der Waals surface area contributed by atoms with Crippen LogP contribution in [0.2, 0.25) is 0 Å². The first-order valence-corrected chi connectivity index (χ1v) is 7.30. The van der Waals surface area contributed by atoms with Gasteiger partial charge in [0.2, 0.25) is 0 Å². The molecule has 0 spiro atoms. The van der Waals surface area contributed by atoms with Crippen molar-refractivity contribution in [3.8, 4) is 0 Å². The van der Waals surface area contributed by atoms with Crippen molar-refractivity contribution in [2.75, 3.05) is 6.54 Å². The molecule has 2 unspecified atom stereocenters. The quantitative estimate of drug-likeness (QED) is 0.814. The van der Waals surface area contributed by atoms with Crippen molar-refractivity contribution in [1.82, 2.24) is 9.88 Å². The van der Waals surface area contributed by atoms with Gasteiger partial charge in [-0.25, -0.2) is 0 Å². The Morgan fingerprint density at radius 1 is 1.50 bits per heavy atom. The Balaban J connectivity index is 2.03. The summed E-state index contributed by atoms with van der Waals surface area (Å²) in [5.41, 5.74) is 2.99. The standard InChI is InChI=1S/C15H26N2O/c1-3-8-16-15-6-4-5-13-10-17(11-14(13)15)9-7-12(2)18/h10-12,15-16,18H,3-9H2,1-2H3. The number of fused-ring (bicyclic) bond motifs is 1. The van der Waals surface area contributed by atoms with Gasteiger partial charge in [0.25, 0.3) is 0 Å². The van der Waals surface area contributed by atoms with Gasteiger partial charge in [-0.2, -0.15) is 0 Å². The van der Waals surface area contributed by atoms with Gasteiger partial charge < -0.3 is 15.0 Å². The van der Waals surface area contributed by atoms with Crippen molar-refractivity contribution in [2.24, 2.45) is 0 Å². The molecule has 18 heavy (non-hydrogen) atoms. The van der Waals surface area contributed by atoms with E-state index in [0.29, 0.717) is 6.04 Å². The van der Waals surface area contributed by atoms with Crippen LogP contribution in [0.4, 0.5) is 0 Å². The van der Waals surface area contributed by atoms with Crippen LogP contribution in [-0.2, 0) is 13.0 Å². The highest BCUT2D eigenvalue weighted by molar-refractivity contribution is 5.30. The molecule has 0 radical (unpaired) electrons. The second-order valence-electron chi connectivity index (χ2n) is 5.51. The van der Waals surface area contributed by atoms with Crippen molar-refractivity contribution in [3.05, 3.63) is 23.5 Å². The van der Waals surface area contributed by atoms with Crippen molar-refractivity contribution in [1.29, 1.82) is 0 Å². The molecule has 1 aromatic heterocycles. The van der Waals surface area contributed by atoms with E-state index in [1.54, 1.807) is 0 Å². The van der Waals surface area contributed by atoms with E-state index in [1.807, 2.05) is 6.92 Å². The topological polar surface area (TPSA) is 37.2 Å². The molecule has 1 aromatic rings. The zero-order valence-electron chi connectivity index (χ0n) is 11.7. The molecular weight excluding hydrogens is 224 g/mol. The summed E-state index contributed by atoms with van der Waals surface area (Å²) in [7, 11) is 0. The van der Waals surface area contributed by atoms with Crippen LogP contribution in [0.15, 0.2) is 12.4 Å². The van der Waals surface area contributed by atoms with Gasteiger partial charge in [-0.05, 0) is 56.7 Å². The maximum Gasteiger partial charge on any atom is 0.0529 e. The number of nitrogens with zero attached hydrogens (tertiary/aromatic N) is 1. The highest BCUT2D eigenvalue weighted by Gasteiger charge is 2.21. The molecule has 2 atom stereocenters. The van der Waals surface area contributed by atoms with E-state index < -0.39 is 0 Å². The number of hydrogen-bond acceptors (Lipinski definition) is 2. The lowest BCUT2D eigenvalue weighted by Gasteiger charge is -2.23. The second kappa shape index (κ2) is 6.39. The summed E-state index contributed by atoms with van der Waals surface area (Å²) in [5, 5.41) is 13.0. The predicted molar refractivity (Wildman–Crippen MR) is 74.7 cm³/mol. The van der Waals surface area contributed by atoms with Crippen LogP contribution in [0, 0.1) is 0 Å². The van der Waals surface area contributed by atoms with Gasteiger partial charge in [0.05, 0.1) is 6.10 Å². The Labute approximate surface area is 110 Å². The van der Waals surface area contributed by atoms with Crippen molar-refractivity contribution >= 4 is 0 Å². The van der Waals surface area contributed by atoms with Gasteiger partial charge in [0.1, 0.15) is 0 Å². The molecule has 1 aliphatic rings. The smallest absolute Gasteiger partial charge is 0.0529 e. The zero-order valence-corrected chi connectivity index (χ0v) is 11.7. The molecule has 0 saturated heterocycles. The SMILES string of the molecule is CCCNC1CCCc2cn(CCC(C)O)cc21. The first-order valence-electron chi connectivity index (χ1n) is 7.30. The molecule has 1 aliphatic carbocycles. The van der Waals surface area contributed by atoms with E-state index in [4.69, 9.17) is 0 Å². The molecule has 0 bridgehead atoms. The lowest BCUT2D eigenvalue weighted by Crippen LogP contribution is -2.24. The minimum absolute atomic E-state index is 0.210. The number of rotatable bonds is 6. The van der Waals surface area contributed by atoms with Crippen LogP contribution in [0.1, 0.15) is 56.7 Å². The molecule has 2 N–H and O–H groups in total. The van der Waals surface area contributed by atoms with E-state index in [9.17, 15) is 5.11 Å². The highest BCUT2D eigenvalue weighted by Crippen LogP contribution is 2.30. The normalized spacial score (nSPS) is 20.7. The average Bonchev–Trinajstić information content (AvgIpc) is 2.77. The minimum Gasteiger partial charge on any atom is -0.393 e. The summed E-state index contributed by atoms with van der Waals surface area (Å²) in [6, 6.07) is 0.543. The third kappa shape index (κ3) is 3.36. The summed E-state index contributed by atoms with van der Waals surface area (Å²) in [6.07, 6.45) is 10.1. The maximum absolute atomic E-state index is 9.36. The molecule has 0 amide bonds. The summed E-state index contributed by atoms with van der Waals surface area (Å²) < 4.78 is 2.25. The Bertz CT molecular complexity index is 371. The monoisotopic (exact) mass is 250 g/mol. The molecule has 0 saturated carbocycles. The number of hydrogen-bond donors (Lipinski definition) is 2. The van der Waals surface area contributed by atoms with Crippen LogP contribution in [0.5, 0.6) is 0 Å². The summed E-state index contributed by atoms with van der Waals surface area (Å²) in [5.74, 6) is 0. The molecule has 3 heteroatoms. The highest BCUT2D eigenvalue weighted by atomic mass is 16.3. The zero-order chi connectivity index (χ0) is 13.0. The molecule has 0 aliphatic heterocycles. The van der Waals surface area contributed by atoms with Gasteiger partial charge in [0, 0.05) is 25.0 Å². The molecule has 2 rings (SSSR count). The van der Waals surface area contributed by atoms with Crippen molar-refractivity contribution in [3.63, 3.8) is 0 Å². The molecule has 1 heterocycles. The molecule has 0 fully saturated rings. The number of aliphatic hydroxyl groups excluding tert-OH is 1. The van der Waals surface area contributed by atoms with E-state index >= 15 is 0 Å². The van der Waals surface area contributed by atoms with E-state index in [0.717, 1.165) is 19.5 Å². The lowest BCUT2D eigenvalue weighted by atomic mass is 9.91. The average molecular weight is 250 g/mol. The number of aromatic nitrogens is 1. The minimum atomic E-state index is -0.210. The van der Waals surface area contributed by atoms with Crippen LogP contribution < -0.4 is 5.32 Å². The fraction of sp³-hybridized carbons (Fsp3) is 0.733. The Morgan fingerprint density at radius 2 is 2.33 bits per heavy atom. The number of nitrogens with one attached hydrogen (secondary N) is 1. The Hall–Kier alpha value is -0.800. The van der Waals surface area contributed by atoms with Crippen molar-refractivity contribution in [2.45, 2.75) is 64.6 Å². The summed E-state index contributed by atoms with van der Waals surface area (Å²) in [4.78, 5) is 0. The van der Waals surface area contributed by atoms with Crippen LogP contribution in [0.3, 0.4) is 0 Å². The molecule has 102 valence electrons. The number of aliphatic hydroxyl groups is 1. The predicted octanol–water partition coefficient (Wildman–Crippen LogP) is 2.64. The van der Waals surface area contributed by atoms with Gasteiger partial charge >= 0.3 is 0 Å². The Kier molecular flexibility index (Phi) is 4.84. The van der Waals surface area contributed by atoms with Crippen LogP contribution in [-0.4, -0.2) is 22.3 Å². The van der Waals surface area contributed by atoms with Crippen LogP contribution in [0.25, 0.3) is 0 Å². The summed E-state index contributed by atoms with van der Waals surface area (Å²) >= 11 is 0. The Morgan fingerprint density at radius 3 is 3.06 bits per heavy atom. The fourth-order valence-corrected chi connectivity index (χ4v) is 2.74. The second-order valence-corrected chi connectivity index (χ2v) is 5.51. The van der Waals surface area contributed by atoms with Crippen LogP contribution >= 0.6 is 0 Å². The van der Waals surface area contributed by atoms with E-state index in [1.165, 1.54) is 36.8 Å². The van der Waals surface area contributed by atoms with Gasteiger partial charge in [-0.15, -0.1) is 0 Å². The fourth-order valence-electron chi connectivity index (χ4n) is 2.74. The third-order valence-corrected chi connectivity index (χ3v) is 3.76. The largest absolute Gasteiger partial charge is 0.393 e.